The molecule has 1 saturated heterocycles. The molecule has 0 radical (unpaired) electrons. The predicted molar refractivity (Wildman–Crippen MR) is 129 cm³/mol. The zero-order chi connectivity index (χ0) is 24.5. The van der Waals surface area contributed by atoms with Gasteiger partial charge in [-0.15, -0.1) is 0 Å². The number of anilines is 1. The third-order valence-electron chi connectivity index (χ3n) is 5.84. The summed E-state index contributed by atoms with van der Waals surface area (Å²) in [5, 5.41) is 7.52. The molecule has 0 bridgehead atoms. The van der Waals surface area contributed by atoms with Gasteiger partial charge in [-0.25, -0.2) is 17.5 Å². The van der Waals surface area contributed by atoms with Crippen molar-refractivity contribution in [3.63, 3.8) is 0 Å². The largest absolute Gasteiger partial charge is 0.307 e. The zero-order valence-electron chi connectivity index (χ0n) is 19.6. The second kappa shape index (κ2) is 9.31. The minimum atomic E-state index is -4.00. The topological polar surface area (TPSA) is 84.3 Å². The highest BCUT2D eigenvalue weighted by atomic mass is 32.2. The molecule has 1 amide bonds. The van der Waals surface area contributed by atoms with Gasteiger partial charge in [-0.3, -0.25) is 4.79 Å². The Labute approximate surface area is 199 Å². The number of carbonyl (C=O) groups excluding carboxylic acids is 1. The lowest BCUT2D eigenvalue weighted by molar-refractivity contribution is 0.102. The van der Waals surface area contributed by atoms with Gasteiger partial charge < -0.3 is 5.32 Å². The van der Waals surface area contributed by atoms with Gasteiger partial charge in [-0.1, -0.05) is 51.1 Å². The number of halogens is 1. The molecular weight excluding hydrogens is 455 g/mol. The molecule has 0 aliphatic carbocycles. The summed E-state index contributed by atoms with van der Waals surface area (Å²) in [6.07, 6.45) is 1.48. The highest BCUT2D eigenvalue weighted by Crippen LogP contribution is 2.27. The van der Waals surface area contributed by atoms with Crippen molar-refractivity contribution in [3.8, 4) is 0 Å². The van der Waals surface area contributed by atoms with Crippen LogP contribution in [-0.4, -0.2) is 41.5 Å². The van der Waals surface area contributed by atoms with Crippen molar-refractivity contribution in [1.82, 2.24) is 14.1 Å². The molecule has 7 nitrogen and oxygen atoms in total. The summed E-state index contributed by atoms with van der Waals surface area (Å²) in [4.78, 5) is 12.6. The molecule has 1 aromatic heterocycles. The molecular formula is C25H29FN4O3S. The van der Waals surface area contributed by atoms with E-state index in [2.05, 4.69) is 10.4 Å². The van der Waals surface area contributed by atoms with E-state index in [-0.39, 0.29) is 11.0 Å². The summed E-state index contributed by atoms with van der Waals surface area (Å²) in [5.41, 5.74) is 1.63. The molecule has 1 N–H and O–H groups in total. The van der Waals surface area contributed by atoms with E-state index in [0.717, 1.165) is 36.2 Å². The number of rotatable bonds is 6. The van der Waals surface area contributed by atoms with Crippen LogP contribution in [-0.2, 0) is 22.0 Å². The van der Waals surface area contributed by atoms with Gasteiger partial charge in [0.25, 0.3) is 5.91 Å². The second-order valence-electron chi connectivity index (χ2n) is 9.52. The molecule has 0 spiro atoms. The van der Waals surface area contributed by atoms with Crippen LogP contribution in [0.2, 0.25) is 0 Å². The van der Waals surface area contributed by atoms with Crippen molar-refractivity contribution >= 4 is 21.7 Å². The van der Waals surface area contributed by atoms with Gasteiger partial charge in [-0.05, 0) is 36.6 Å². The minimum Gasteiger partial charge on any atom is -0.307 e. The Bertz CT molecular complexity index is 1290. The standard InChI is InChI=1S/C25H29FN4O3S/c1-25(2,3)22-16-23(30(28-22)17-18-9-5-4-6-10-18)27-24(31)19-11-12-20(26)21(15-19)34(32,33)29-13-7-8-14-29/h4-6,9-12,15-16H,7-8,13-14,17H2,1-3H3,(H,27,31). The van der Waals surface area contributed by atoms with Crippen molar-refractivity contribution in [3.05, 3.63) is 77.2 Å². The van der Waals surface area contributed by atoms with Crippen LogP contribution in [0.1, 0.15) is 55.2 Å². The summed E-state index contributed by atoms with van der Waals surface area (Å²) in [6, 6.07) is 15.0. The third kappa shape index (κ3) is 5.05. The number of nitrogens with zero attached hydrogens (tertiary/aromatic N) is 3. The number of sulfonamides is 1. The van der Waals surface area contributed by atoms with Crippen molar-refractivity contribution in [2.75, 3.05) is 18.4 Å². The molecule has 9 heteroatoms. The van der Waals surface area contributed by atoms with E-state index < -0.39 is 26.6 Å². The van der Waals surface area contributed by atoms with E-state index in [4.69, 9.17) is 0 Å². The Morgan fingerprint density at radius 1 is 1.06 bits per heavy atom. The normalized spacial score (nSPS) is 14.9. The first-order valence-electron chi connectivity index (χ1n) is 11.3. The van der Waals surface area contributed by atoms with Crippen molar-refractivity contribution < 1.29 is 17.6 Å². The highest BCUT2D eigenvalue weighted by molar-refractivity contribution is 7.89. The fourth-order valence-electron chi connectivity index (χ4n) is 3.86. The molecule has 0 unspecified atom stereocenters. The highest BCUT2D eigenvalue weighted by Gasteiger charge is 2.30. The fraction of sp³-hybridized carbons (Fsp3) is 0.360. The molecule has 2 heterocycles. The lowest BCUT2D eigenvalue weighted by atomic mass is 9.92. The van der Waals surface area contributed by atoms with Crippen molar-refractivity contribution in [2.24, 2.45) is 0 Å². The SMILES string of the molecule is CC(C)(C)c1cc(NC(=O)c2ccc(F)c(S(=O)(=O)N3CCCC3)c2)n(Cc2ccccc2)n1. The number of amides is 1. The van der Waals surface area contributed by atoms with Crippen molar-refractivity contribution in [1.29, 1.82) is 0 Å². The monoisotopic (exact) mass is 484 g/mol. The van der Waals surface area contributed by atoms with Crippen LogP contribution in [0.3, 0.4) is 0 Å². The number of hydrogen-bond acceptors (Lipinski definition) is 4. The maximum Gasteiger partial charge on any atom is 0.256 e. The Kier molecular flexibility index (Phi) is 6.60. The molecule has 3 aromatic rings. The number of benzene rings is 2. The lowest BCUT2D eigenvalue weighted by Gasteiger charge is -2.16. The first-order valence-corrected chi connectivity index (χ1v) is 12.7. The molecule has 0 saturated carbocycles. The Morgan fingerprint density at radius 2 is 1.74 bits per heavy atom. The van der Waals surface area contributed by atoms with Gasteiger partial charge in [0, 0.05) is 30.1 Å². The maximum absolute atomic E-state index is 14.5. The fourth-order valence-corrected chi connectivity index (χ4v) is 5.47. The van der Waals surface area contributed by atoms with E-state index in [1.165, 1.54) is 10.4 Å². The minimum absolute atomic E-state index is 0.0592. The van der Waals surface area contributed by atoms with E-state index in [1.54, 1.807) is 4.68 Å². The van der Waals surface area contributed by atoms with Crippen LogP contribution in [0.15, 0.2) is 59.5 Å². The average Bonchev–Trinajstić information content (AvgIpc) is 3.46. The predicted octanol–water partition coefficient (Wildman–Crippen LogP) is 4.40. The molecule has 34 heavy (non-hydrogen) atoms. The molecule has 180 valence electrons. The van der Waals surface area contributed by atoms with Crippen LogP contribution < -0.4 is 5.32 Å². The van der Waals surface area contributed by atoms with Gasteiger partial charge in [0.15, 0.2) is 0 Å². The van der Waals surface area contributed by atoms with Gasteiger partial charge in [0.2, 0.25) is 10.0 Å². The number of carbonyl (C=O) groups is 1. The average molecular weight is 485 g/mol. The van der Waals surface area contributed by atoms with Crippen LogP contribution in [0.5, 0.6) is 0 Å². The smallest absolute Gasteiger partial charge is 0.256 e. The first kappa shape index (κ1) is 24.1. The van der Waals surface area contributed by atoms with Gasteiger partial charge in [0.1, 0.15) is 16.5 Å². The summed E-state index contributed by atoms with van der Waals surface area (Å²) in [5.74, 6) is -0.924. The Balaban J connectivity index is 1.64. The molecule has 2 aromatic carbocycles. The Hall–Kier alpha value is -3.04. The second-order valence-corrected chi connectivity index (χ2v) is 11.4. The summed E-state index contributed by atoms with van der Waals surface area (Å²) in [7, 11) is -4.00. The molecule has 0 atom stereocenters. The van der Waals surface area contributed by atoms with Gasteiger partial charge >= 0.3 is 0 Å². The lowest BCUT2D eigenvalue weighted by Crippen LogP contribution is -2.29. The summed E-state index contributed by atoms with van der Waals surface area (Å²) in [6.45, 7) is 7.25. The van der Waals surface area contributed by atoms with Crippen LogP contribution >= 0.6 is 0 Å². The molecule has 1 aliphatic heterocycles. The van der Waals surface area contributed by atoms with E-state index >= 15 is 0 Å². The molecule has 1 fully saturated rings. The van der Waals surface area contributed by atoms with Crippen molar-refractivity contribution in [2.45, 2.75) is 50.5 Å². The summed E-state index contributed by atoms with van der Waals surface area (Å²) < 4.78 is 43.3. The van der Waals surface area contributed by atoms with E-state index in [0.29, 0.717) is 25.5 Å². The molecule has 4 rings (SSSR count). The first-order chi connectivity index (χ1) is 16.1. The summed E-state index contributed by atoms with van der Waals surface area (Å²) >= 11 is 0. The number of nitrogens with one attached hydrogen (secondary N) is 1. The number of aromatic nitrogens is 2. The van der Waals surface area contributed by atoms with E-state index in [1.807, 2.05) is 57.2 Å². The zero-order valence-corrected chi connectivity index (χ0v) is 20.4. The van der Waals surface area contributed by atoms with Gasteiger partial charge in [-0.2, -0.15) is 9.40 Å². The third-order valence-corrected chi connectivity index (χ3v) is 7.76. The van der Waals surface area contributed by atoms with Crippen LogP contribution in [0.25, 0.3) is 0 Å². The van der Waals surface area contributed by atoms with Gasteiger partial charge in [0.05, 0.1) is 12.2 Å². The van der Waals surface area contributed by atoms with E-state index in [9.17, 15) is 17.6 Å². The van der Waals surface area contributed by atoms with Crippen LogP contribution in [0, 0.1) is 5.82 Å². The molecule has 1 aliphatic rings. The quantitative estimate of drug-likeness (QED) is 0.562. The van der Waals surface area contributed by atoms with Crippen LogP contribution in [0.4, 0.5) is 10.2 Å². The maximum atomic E-state index is 14.5. The Morgan fingerprint density at radius 3 is 2.38 bits per heavy atom. The number of hydrogen-bond donors (Lipinski definition) is 1.